The van der Waals surface area contributed by atoms with Gasteiger partial charge >= 0.3 is 6.03 Å². The molecule has 3 aliphatic rings. The normalized spacial score (nSPS) is 24.8. The summed E-state index contributed by atoms with van der Waals surface area (Å²) in [7, 11) is 1.69. The van der Waals surface area contributed by atoms with Crippen LogP contribution in [0.2, 0.25) is 0 Å². The van der Waals surface area contributed by atoms with Crippen molar-refractivity contribution >= 4 is 17.8 Å². The van der Waals surface area contributed by atoms with E-state index < -0.39 is 5.54 Å². The minimum absolute atomic E-state index is 0.142. The Hall–Kier alpha value is -1.59. The van der Waals surface area contributed by atoms with Gasteiger partial charge in [-0.25, -0.2) is 4.79 Å². The molecule has 4 amide bonds. The molecule has 0 radical (unpaired) electrons. The van der Waals surface area contributed by atoms with Crippen molar-refractivity contribution in [1.82, 2.24) is 15.1 Å². The zero-order chi connectivity index (χ0) is 15.0. The van der Waals surface area contributed by atoms with Gasteiger partial charge in [0.2, 0.25) is 5.91 Å². The van der Waals surface area contributed by atoms with Crippen LogP contribution in [0.3, 0.4) is 0 Å². The standard InChI is InChI=1S/C15H23N3O3/c1-17-14(21)18(10-12(19)16-9-11-5-6-11)13(20)15(17)7-3-2-4-8-15/h11H,2-10H2,1H3,(H,16,19). The summed E-state index contributed by atoms with van der Waals surface area (Å²) in [5.41, 5.74) is -0.688. The molecule has 3 fully saturated rings. The minimum Gasteiger partial charge on any atom is -0.354 e. The van der Waals surface area contributed by atoms with Crippen LogP contribution in [0.5, 0.6) is 0 Å². The van der Waals surface area contributed by atoms with Gasteiger partial charge in [-0.2, -0.15) is 0 Å². The lowest BCUT2D eigenvalue weighted by Gasteiger charge is -2.35. The first kappa shape index (κ1) is 14.4. The largest absolute Gasteiger partial charge is 0.354 e. The van der Waals surface area contributed by atoms with Crippen LogP contribution in [0, 0.1) is 5.92 Å². The van der Waals surface area contributed by atoms with Crippen LogP contribution in [0.1, 0.15) is 44.9 Å². The summed E-state index contributed by atoms with van der Waals surface area (Å²) >= 11 is 0. The predicted octanol–water partition coefficient (Wildman–Crippen LogP) is 1.11. The molecule has 1 heterocycles. The van der Waals surface area contributed by atoms with Crippen molar-refractivity contribution in [2.24, 2.45) is 5.92 Å². The Morgan fingerprint density at radius 1 is 1.24 bits per heavy atom. The van der Waals surface area contributed by atoms with Crippen molar-refractivity contribution in [2.45, 2.75) is 50.5 Å². The van der Waals surface area contributed by atoms with Gasteiger partial charge in [0.15, 0.2) is 0 Å². The van der Waals surface area contributed by atoms with Crippen LogP contribution in [-0.2, 0) is 9.59 Å². The monoisotopic (exact) mass is 293 g/mol. The summed E-state index contributed by atoms with van der Waals surface area (Å²) in [5, 5.41) is 2.82. The highest BCUT2D eigenvalue weighted by atomic mass is 16.2. The van der Waals surface area contributed by atoms with Crippen LogP contribution < -0.4 is 5.32 Å². The first-order valence-electron chi connectivity index (χ1n) is 7.91. The van der Waals surface area contributed by atoms with E-state index >= 15 is 0 Å². The number of carbonyl (C=O) groups excluding carboxylic acids is 3. The van der Waals surface area contributed by atoms with Gasteiger partial charge in [0.05, 0.1) is 0 Å². The second kappa shape index (κ2) is 5.31. The van der Waals surface area contributed by atoms with Crippen LogP contribution in [0.4, 0.5) is 4.79 Å². The van der Waals surface area contributed by atoms with E-state index in [1.54, 1.807) is 11.9 Å². The third kappa shape index (κ3) is 2.51. The van der Waals surface area contributed by atoms with E-state index in [4.69, 9.17) is 0 Å². The number of urea groups is 1. The number of amides is 4. The highest BCUT2D eigenvalue weighted by Gasteiger charge is 2.55. The van der Waals surface area contributed by atoms with Crippen molar-refractivity contribution in [1.29, 1.82) is 0 Å². The Balaban J connectivity index is 1.65. The van der Waals surface area contributed by atoms with Gasteiger partial charge in [-0.15, -0.1) is 0 Å². The Labute approximate surface area is 124 Å². The highest BCUT2D eigenvalue weighted by Crippen LogP contribution is 2.39. The molecule has 0 unspecified atom stereocenters. The quantitative estimate of drug-likeness (QED) is 0.789. The van der Waals surface area contributed by atoms with Gasteiger partial charge in [0, 0.05) is 13.6 Å². The Morgan fingerprint density at radius 3 is 2.52 bits per heavy atom. The summed E-state index contributed by atoms with van der Waals surface area (Å²) in [5.74, 6) is 0.174. The van der Waals surface area contributed by atoms with Crippen molar-refractivity contribution in [3.8, 4) is 0 Å². The van der Waals surface area contributed by atoms with Gasteiger partial charge < -0.3 is 10.2 Å². The summed E-state index contributed by atoms with van der Waals surface area (Å²) < 4.78 is 0. The molecule has 1 N–H and O–H groups in total. The third-order valence-corrected chi connectivity index (χ3v) is 5.07. The van der Waals surface area contributed by atoms with Crippen LogP contribution in [0.15, 0.2) is 0 Å². The molecular weight excluding hydrogens is 270 g/mol. The predicted molar refractivity (Wildman–Crippen MR) is 76.4 cm³/mol. The molecule has 1 aliphatic heterocycles. The van der Waals surface area contributed by atoms with E-state index in [0.29, 0.717) is 25.3 Å². The Kier molecular flexibility index (Phi) is 3.63. The molecule has 0 aromatic rings. The Bertz CT molecular complexity index is 467. The minimum atomic E-state index is -0.688. The van der Waals surface area contributed by atoms with E-state index in [-0.39, 0.29) is 24.4 Å². The summed E-state index contributed by atoms with van der Waals surface area (Å²) in [6.45, 7) is 0.520. The molecule has 6 nitrogen and oxygen atoms in total. The SMILES string of the molecule is CN1C(=O)N(CC(=O)NCC2CC2)C(=O)C12CCCCC2. The molecule has 6 heteroatoms. The maximum atomic E-state index is 12.7. The van der Waals surface area contributed by atoms with Crippen molar-refractivity contribution in [3.63, 3.8) is 0 Å². The first-order valence-corrected chi connectivity index (χ1v) is 7.91. The molecular formula is C15H23N3O3. The number of carbonyl (C=O) groups is 3. The lowest BCUT2D eigenvalue weighted by molar-refractivity contribution is -0.137. The molecule has 2 aliphatic carbocycles. The van der Waals surface area contributed by atoms with Gasteiger partial charge in [0.1, 0.15) is 12.1 Å². The van der Waals surface area contributed by atoms with E-state index in [1.807, 2.05) is 0 Å². The molecule has 0 aromatic heterocycles. The van der Waals surface area contributed by atoms with E-state index in [9.17, 15) is 14.4 Å². The van der Waals surface area contributed by atoms with Crippen molar-refractivity contribution < 1.29 is 14.4 Å². The van der Waals surface area contributed by atoms with E-state index in [1.165, 1.54) is 0 Å². The zero-order valence-corrected chi connectivity index (χ0v) is 12.6. The molecule has 2 saturated carbocycles. The smallest absolute Gasteiger partial charge is 0.327 e. The number of hydrogen-bond donors (Lipinski definition) is 1. The van der Waals surface area contributed by atoms with E-state index in [0.717, 1.165) is 37.0 Å². The average molecular weight is 293 g/mol. The fourth-order valence-electron chi connectivity index (χ4n) is 3.45. The molecule has 3 rings (SSSR count). The molecule has 1 saturated heterocycles. The number of hydrogen-bond acceptors (Lipinski definition) is 3. The van der Waals surface area contributed by atoms with Gasteiger partial charge in [-0.3, -0.25) is 14.5 Å². The van der Waals surface area contributed by atoms with Gasteiger partial charge in [0.25, 0.3) is 5.91 Å². The fraction of sp³-hybridized carbons (Fsp3) is 0.800. The molecule has 0 bridgehead atoms. The second-order valence-electron chi connectivity index (χ2n) is 6.57. The molecule has 116 valence electrons. The average Bonchev–Trinajstić information content (AvgIpc) is 3.31. The molecule has 0 aromatic carbocycles. The molecule has 1 spiro atoms. The number of nitrogens with zero attached hydrogens (tertiary/aromatic N) is 2. The Morgan fingerprint density at radius 2 is 1.90 bits per heavy atom. The van der Waals surface area contributed by atoms with Gasteiger partial charge in [-0.05, 0) is 31.6 Å². The highest BCUT2D eigenvalue weighted by molar-refractivity contribution is 6.08. The fourth-order valence-corrected chi connectivity index (χ4v) is 3.45. The summed E-state index contributed by atoms with van der Waals surface area (Å²) in [4.78, 5) is 39.6. The van der Waals surface area contributed by atoms with Crippen LogP contribution in [0.25, 0.3) is 0 Å². The lowest BCUT2D eigenvalue weighted by atomic mass is 9.81. The first-order chi connectivity index (χ1) is 10.0. The molecule has 0 atom stereocenters. The number of nitrogens with one attached hydrogen (secondary N) is 1. The van der Waals surface area contributed by atoms with Crippen LogP contribution >= 0.6 is 0 Å². The lowest BCUT2D eigenvalue weighted by Crippen LogP contribution is -2.49. The maximum absolute atomic E-state index is 12.7. The maximum Gasteiger partial charge on any atom is 0.327 e. The summed E-state index contributed by atoms with van der Waals surface area (Å²) in [6.07, 6.45) is 6.79. The zero-order valence-electron chi connectivity index (χ0n) is 12.6. The summed E-state index contributed by atoms with van der Waals surface area (Å²) in [6, 6.07) is -0.330. The number of imide groups is 1. The van der Waals surface area contributed by atoms with Gasteiger partial charge in [-0.1, -0.05) is 19.3 Å². The van der Waals surface area contributed by atoms with Crippen LogP contribution in [-0.4, -0.2) is 53.3 Å². The third-order valence-electron chi connectivity index (χ3n) is 5.07. The van der Waals surface area contributed by atoms with Crippen molar-refractivity contribution in [2.75, 3.05) is 20.1 Å². The topological polar surface area (TPSA) is 69.7 Å². The van der Waals surface area contributed by atoms with Crippen molar-refractivity contribution in [3.05, 3.63) is 0 Å². The number of rotatable bonds is 4. The number of likely N-dealkylation sites (N-methyl/N-ethyl adjacent to an activating group) is 1. The van der Waals surface area contributed by atoms with E-state index in [2.05, 4.69) is 5.32 Å². The second-order valence-corrected chi connectivity index (χ2v) is 6.57. The molecule has 21 heavy (non-hydrogen) atoms.